The van der Waals surface area contributed by atoms with Gasteiger partial charge in [0.05, 0.1) is 36.9 Å². The van der Waals surface area contributed by atoms with Gasteiger partial charge in [-0.25, -0.2) is 0 Å². The van der Waals surface area contributed by atoms with E-state index in [2.05, 4.69) is 0 Å². The number of aliphatic hydroxyl groups excluding tert-OH is 3. The second kappa shape index (κ2) is 14.4. The predicted octanol–water partition coefficient (Wildman–Crippen LogP) is 2.46. The van der Waals surface area contributed by atoms with E-state index >= 15 is 0 Å². The zero-order valence-corrected chi connectivity index (χ0v) is 26.0. The maximum absolute atomic E-state index is 13.0. The molecule has 0 aromatic carbocycles. The van der Waals surface area contributed by atoms with Crippen LogP contribution in [0.15, 0.2) is 12.2 Å². The van der Waals surface area contributed by atoms with Crippen LogP contribution in [-0.2, 0) is 28.5 Å². The molecule has 10 nitrogen and oxygen atoms in total. The van der Waals surface area contributed by atoms with Crippen LogP contribution < -0.4 is 0 Å². The molecule has 0 spiro atoms. The summed E-state index contributed by atoms with van der Waals surface area (Å²) in [5, 5.41) is 33.5. The van der Waals surface area contributed by atoms with Crippen molar-refractivity contribution in [2.75, 3.05) is 14.1 Å². The van der Waals surface area contributed by atoms with Gasteiger partial charge in [0.1, 0.15) is 24.1 Å². The molecule has 3 aliphatic rings. The van der Waals surface area contributed by atoms with Gasteiger partial charge >= 0.3 is 5.97 Å². The Morgan fingerprint density at radius 1 is 1.12 bits per heavy atom. The minimum atomic E-state index is -1.13. The first-order chi connectivity index (χ1) is 19.2. The van der Waals surface area contributed by atoms with Crippen molar-refractivity contribution in [3.05, 3.63) is 12.2 Å². The molecular weight excluding hydrogens is 530 g/mol. The number of carbonyl (C=O) groups is 2. The van der Waals surface area contributed by atoms with Crippen molar-refractivity contribution in [2.45, 2.75) is 134 Å². The van der Waals surface area contributed by atoms with Crippen molar-refractivity contribution >= 4 is 12.3 Å². The van der Waals surface area contributed by atoms with Crippen molar-refractivity contribution in [3.63, 3.8) is 0 Å². The van der Waals surface area contributed by atoms with Gasteiger partial charge in [0, 0.05) is 24.3 Å². The Balaban J connectivity index is 1.95. The molecule has 41 heavy (non-hydrogen) atoms. The Labute approximate surface area is 245 Å². The Kier molecular flexibility index (Phi) is 12.0. The number of nitrogens with zero attached hydrogens (tertiary/aromatic N) is 1. The Morgan fingerprint density at radius 2 is 1.80 bits per heavy atom. The van der Waals surface area contributed by atoms with Crippen LogP contribution in [0.4, 0.5) is 0 Å². The summed E-state index contributed by atoms with van der Waals surface area (Å²) in [6, 6.07) is -0.205. The molecular formula is C31H53NO9. The quantitative estimate of drug-likeness (QED) is 0.185. The minimum Gasteiger partial charge on any atom is -0.462 e. The highest BCUT2D eigenvalue weighted by molar-refractivity contribution is 5.70. The average Bonchev–Trinajstić information content (AvgIpc) is 3.60. The smallest absolute Gasteiger partial charge is 0.308 e. The second-order valence-electron chi connectivity index (χ2n) is 13.0. The van der Waals surface area contributed by atoms with Gasteiger partial charge in [-0.2, -0.15) is 0 Å². The molecule has 10 heteroatoms. The van der Waals surface area contributed by atoms with Crippen LogP contribution in [0.5, 0.6) is 0 Å². The van der Waals surface area contributed by atoms with Gasteiger partial charge < -0.3 is 44.0 Å². The zero-order valence-electron chi connectivity index (χ0n) is 26.0. The summed E-state index contributed by atoms with van der Waals surface area (Å²) in [4.78, 5) is 26.8. The third kappa shape index (κ3) is 8.37. The van der Waals surface area contributed by atoms with Crippen molar-refractivity contribution < 1.29 is 43.9 Å². The summed E-state index contributed by atoms with van der Waals surface area (Å²) in [7, 11) is 3.78. The molecule has 0 aromatic heterocycles. The molecule has 236 valence electrons. The lowest BCUT2D eigenvalue weighted by Crippen LogP contribution is -2.56. The van der Waals surface area contributed by atoms with Crippen LogP contribution in [-0.4, -0.2) is 107 Å². The van der Waals surface area contributed by atoms with Crippen molar-refractivity contribution in [3.8, 4) is 0 Å². The number of hydrogen-bond donors (Lipinski definition) is 3. The maximum atomic E-state index is 13.0. The molecule has 14 atom stereocenters. The molecule has 0 aliphatic carbocycles. The molecule has 0 radical (unpaired) electrons. The van der Waals surface area contributed by atoms with Crippen LogP contribution >= 0.6 is 0 Å². The summed E-state index contributed by atoms with van der Waals surface area (Å²) >= 11 is 0. The Bertz CT molecular complexity index is 899. The molecule has 3 N–H and O–H groups in total. The number of aliphatic hydroxyl groups is 3. The third-order valence-corrected chi connectivity index (χ3v) is 9.45. The molecule has 2 fully saturated rings. The van der Waals surface area contributed by atoms with Crippen LogP contribution in [0.2, 0.25) is 0 Å². The van der Waals surface area contributed by atoms with Gasteiger partial charge in [-0.05, 0) is 59.0 Å². The van der Waals surface area contributed by atoms with E-state index in [0.29, 0.717) is 19.3 Å². The lowest BCUT2D eigenvalue weighted by molar-refractivity contribution is -0.283. The van der Waals surface area contributed by atoms with E-state index in [1.165, 1.54) is 0 Å². The minimum absolute atomic E-state index is 0.0831. The monoisotopic (exact) mass is 583 g/mol. The highest BCUT2D eigenvalue weighted by Gasteiger charge is 2.55. The fraction of sp³-hybridized carbons (Fsp3) is 0.871. The normalized spacial score (nSPS) is 46.5. The van der Waals surface area contributed by atoms with Gasteiger partial charge in [0.2, 0.25) is 0 Å². The van der Waals surface area contributed by atoms with Gasteiger partial charge in [0.25, 0.3) is 0 Å². The molecule has 0 amide bonds. The number of ether oxygens (including phenoxy) is 4. The lowest BCUT2D eigenvalue weighted by atomic mass is 9.79. The molecule has 2 saturated heterocycles. The topological polar surface area (TPSA) is 138 Å². The highest BCUT2D eigenvalue weighted by atomic mass is 16.7. The molecule has 14 unspecified atom stereocenters. The van der Waals surface area contributed by atoms with E-state index in [0.717, 1.165) is 6.29 Å². The fourth-order valence-corrected chi connectivity index (χ4v) is 6.61. The molecule has 3 aliphatic heterocycles. The van der Waals surface area contributed by atoms with E-state index in [9.17, 15) is 24.9 Å². The van der Waals surface area contributed by atoms with E-state index < -0.39 is 60.2 Å². The summed E-state index contributed by atoms with van der Waals surface area (Å²) in [5.74, 6) is -1.89. The molecule has 3 heterocycles. The van der Waals surface area contributed by atoms with Crippen LogP contribution in [0.25, 0.3) is 0 Å². The standard InChI is InChI=1S/C31H53NO9/c1-9-25-20(5)29-31(6,41-29)12-10-23(34)17(2)14-21(11-13-33)28(19(4)24(35)16-26(36)39-25)40-30-27(37)22(32(7)8)15-18(3)38-30/h10,12-13,17-25,27-30,34-35,37H,9,11,14-16H2,1-8H3. The molecule has 0 aromatic rings. The SMILES string of the molecule is CCC1OC(=O)CC(O)C(C)C(OC2OC(C)CC(N(C)C)C2O)C(CC=O)CC(C)C(O)C=CC2(C)OC2C1C. The van der Waals surface area contributed by atoms with E-state index in [-0.39, 0.29) is 42.9 Å². The molecule has 0 saturated carbocycles. The van der Waals surface area contributed by atoms with Gasteiger partial charge in [0.15, 0.2) is 6.29 Å². The molecule has 0 bridgehead atoms. The van der Waals surface area contributed by atoms with Crippen LogP contribution in [0.1, 0.15) is 73.6 Å². The summed E-state index contributed by atoms with van der Waals surface area (Å²) < 4.78 is 24.3. The number of cyclic esters (lactones) is 1. The number of aldehydes is 1. The first-order valence-corrected chi connectivity index (χ1v) is 15.2. The van der Waals surface area contributed by atoms with Gasteiger partial charge in [-0.3, -0.25) is 4.79 Å². The summed E-state index contributed by atoms with van der Waals surface area (Å²) in [6.07, 6.45) is 0.518. The van der Waals surface area contributed by atoms with Crippen molar-refractivity contribution in [1.29, 1.82) is 0 Å². The predicted molar refractivity (Wildman–Crippen MR) is 153 cm³/mol. The largest absolute Gasteiger partial charge is 0.462 e. The number of rotatable bonds is 6. The molecule has 3 rings (SSSR count). The van der Waals surface area contributed by atoms with E-state index in [1.807, 2.05) is 59.7 Å². The first-order valence-electron chi connectivity index (χ1n) is 15.2. The van der Waals surface area contributed by atoms with E-state index in [4.69, 9.17) is 18.9 Å². The Hall–Kier alpha value is -1.40. The zero-order chi connectivity index (χ0) is 30.6. The van der Waals surface area contributed by atoms with E-state index in [1.54, 1.807) is 13.0 Å². The van der Waals surface area contributed by atoms with Crippen molar-refractivity contribution in [1.82, 2.24) is 4.90 Å². The highest BCUT2D eigenvalue weighted by Crippen LogP contribution is 2.45. The number of fused-ring (bicyclic) bond motifs is 1. The van der Waals surface area contributed by atoms with Gasteiger partial charge in [-0.15, -0.1) is 0 Å². The summed E-state index contributed by atoms with van der Waals surface area (Å²) in [5.41, 5.74) is -0.576. The maximum Gasteiger partial charge on any atom is 0.308 e. The van der Waals surface area contributed by atoms with Crippen LogP contribution in [0.3, 0.4) is 0 Å². The number of hydrogen-bond acceptors (Lipinski definition) is 10. The number of likely N-dealkylation sites (N-methyl/N-ethyl adjacent to an activating group) is 1. The number of carbonyl (C=O) groups excluding carboxylic acids is 2. The number of epoxide rings is 1. The Morgan fingerprint density at radius 3 is 2.41 bits per heavy atom. The third-order valence-electron chi connectivity index (χ3n) is 9.45. The average molecular weight is 584 g/mol. The fourth-order valence-electron chi connectivity index (χ4n) is 6.61. The summed E-state index contributed by atoms with van der Waals surface area (Å²) in [6.45, 7) is 11.5. The first kappa shape index (κ1) is 34.1. The van der Waals surface area contributed by atoms with Crippen LogP contribution in [0, 0.1) is 23.7 Å². The number of esters is 1. The lowest BCUT2D eigenvalue weighted by Gasteiger charge is -2.44. The second-order valence-corrected chi connectivity index (χ2v) is 13.0. The van der Waals surface area contributed by atoms with Crippen molar-refractivity contribution in [2.24, 2.45) is 23.7 Å². The van der Waals surface area contributed by atoms with Gasteiger partial charge in [-0.1, -0.05) is 39.8 Å².